The summed E-state index contributed by atoms with van der Waals surface area (Å²) in [6, 6.07) is 6.03. The summed E-state index contributed by atoms with van der Waals surface area (Å²) in [4.78, 5) is 13.4. The van der Waals surface area contributed by atoms with E-state index in [9.17, 15) is 9.18 Å². The Balaban J connectivity index is 2.22. The first-order chi connectivity index (χ1) is 7.18. The second kappa shape index (κ2) is 4.31. The van der Waals surface area contributed by atoms with Crippen LogP contribution in [0.25, 0.3) is 0 Å². The number of hydrogen-bond donors (Lipinski definition) is 0. The summed E-state index contributed by atoms with van der Waals surface area (Å²) in [5.41, 5.74) is 0.769. The van der Waals surface area contributed by atoms with Gasteiger partial charge in [-0.1, -0.05) is 15.9 Å². The van der Waals surface area contributed by atoms with E-state index in [1.165, 1.54) is 12.1 Å². The highest BCUT2D eigenvalue weighted by atomic mass is 79.9. The zero-order valence-electron chi connectivity index (χ0n) is 8.12. The van der Waals surface area contributed by atoms with Crippen LogP contribution in [0.1, 0.15) is 12.8 Å². The van der Waals surface area contributed by atoms with Gasteiger partial charge in [0.05, 0.1) is 4.83 Å². The van der Waals surface area contributed by atoms with Crippen molar-refractivity contribution in [1.29, 1.82) is 0 Å². The van der Waals surface area contributed by atoms with Crippen LogP contribution in [0.15, 0.2) is 24.3 Å². The Bertz CT molecular complexity index is 365. The van der Waals surface area contributed by atoms with Crippen molar-refractivity contribution in [3.63, 3.8) is 0 Å². The number of benzene rings is 1. The summed E-state index contributed by atoms with van der Waals surface area (Å²) in [7, 11) is 0. The van der Waals surface area contributed by atoms with E-state index in [2.05, 4.69) is 15.9 Å². The highest BCUT2D eigenvalue weighted by Crippen LogP contribution is 2.24. The Morgan fingerprint density at radius 3 is 2.67 bits per heavy atom. The van der Waals surface area contributed by atoms with E-state index in [4.69, 9.17) is 0 Å². The lowest BCUT2D eigenvalue weighted by Gasteiger charge is -2.29. The fraction of sp³-hybridized carbons (Fsp3) is 0.364. The fourth-order valence-corrected chi connectivity index (χ4v) is 2.28. The van der Waals surface area contributed by atoms with Crippen LogP contribution in [0.2, 0.25) is 0 Å². The van der Waals surface area contributed by atoms with Gasteiger partial charge in [0.15, 0.2) is 0 Å². The van der Waals surface area contributed by atoms with Crippen molar-refractivity contribution >= 4 is 27.5 Å². The predicted molar refractivity (Wildman–Crippen MR) is 60.7 cm³/mol. The van der Waals surface area contributed by atoms with Crippen molar-refractivity contribution in [2.24, 2.45) is 0 Å². The predicted octanol–water partition coefficient (Wildman–Crippen LogP) is 2.72. The van der Waals surface area contributed by atoms with Crippen molar-refractivity contribution < 1.29 is 9.18 Å². The molecule has 0 saturated carbocycles. The largest absolute Gasteiger partial charge is 0.311 e. The van der Waals surface area contributed by atoms with Gasteiger partial charge in [0.2, 0.25) is 5.91 Å². The third kappa shape index (κ3) is 2.20. The molecule has 1 aliphatic rings. The van der Waals surface area contributed by atoms with Gasteiger partial charge in [-0.3, -0.25) is 4.79 Å². The second-order valence-electron chi connectivity index (χ2n) is 3.58. The van der Waals surface area contributed by atoms with E-state index >= 15 is 0 Å². The maximum absolute atomic E-state index is 12.7. The quantitative estimate of drug-likeness (QED) is 0.720. The number of anilines is 1. The third-order valence-corrected chi connectivity index (χ3v) is 3.36. The summed E-state index contributed by atoms with van der Waals surface area (Å²) >= 11 is 3.34. The molecule has 4 heteroatoms. The lowest BCUT2D eigenvalue weighted by Crippen LogP contribution is -2.41. The van der Waals surface area contributed by atoms with Gasteiger partial charge in [0, 0.05) is 12.2 Å². The van der Waals surface area contributed by atoms with E-state index in [1.807, 2.05) is 0 Å². The normalized spacial score (nSPS) is 21.9. The molecule has 80 valence electrons. The molecule has 1 aromatic carbocycles. The molecule has 0 aliphatic carbocycles. The monoisotopic (exact) mass is 271 g/mol. The van der Waals surface area contributed by atoms with Gasteiger partial charge in [-0.25, -0.2) is 4.39 Å². The number of halogens is 2. The number of carbonyl (C=O) groups is 1. The number of nitrogens with zero attached hydrogens (tertiary/aromatic N) is 1. The molecular formula is C11H11BrFNO. The van der Waals surface area contributed by atoms with Crippen LogP contribution in [0, 0.1) is 5.82 Å². The van der Waals surface area contributed by atoms with Crippen LogP contribution in [0.4, 0.5) is 10.1 Å². The van der Waals surface area contributed by atoms with Gasteiger partial charge in [-0.05, 0) is 37.1 Å². The number of hydrogen-bond acceptors (Lipinski definition) is 1. The van der Waals surface area contributed by atoms with Gasteiger partial charge in [0.1, 0.15) is 5.82 Å². The summed E-state index contributed by atoms with van der Waals surface area (Å²) in [5.74, 6) is -0.216. The molecule has 1 aromatic rings. The molecule has 2 rings (SSSR count). The number of amides is 1. The van der Waals surface area contributed by atoms with Crippen molar-refractivity contribution in [1.82, 2.24) is 0 Å². The highest BCUT2D eigenvalue weighted by Gasteiger charge is 2.27. The Labute approximate surface area is 96.2 Å². The van der Waals surface area contributed by atoms with Gasteiger partial charge < -0.3 is 4.90 Å². The van der Waals surface area contributed by atoms with Crippen molar-refractivity contribution in [2.45, 2.75) is 17.7 Å². The van der Waals surface area contributed by atoms with Gasteiger partial charge in [-0.15, -0.1) is 0 Å². The highest BCUT2D eigenvalue weighted by molar-refractivity contribution is 9.10. The zero-order chi connectivity index (χ0) is 10.8. The molecule has 0 N–H and O–H groups in total. The average Bonchev–Trinajstić information content (AvgIpc) is 2.24. The van der Waals surface area contributed by atoms with Crippen LogP contribution in [-0.4, -0.2) is 17.3 Å². The fourth-order valence-electron chi connectivity index (χ4n) is 1.71. The molecule has 1 amide bonds. The first-order valence-corrected chi connectivity index (χ1v) is 5.81. The molecule has 1 fully saturated rings. The molecule has 1 unspecified atom stereocenters. The molecule has 0 bridgehead atoms. The summed E-state index contributed by atoms with van der Waals surface area (Å²) < 4.78 is 12.7. The first kappa shape index (κ1) is 10.6. The van der Waals surface area contributed by atoms with Crippen molar-refractivity contribution in [2.75, 3.05) is 11.4 Å². The van der Waals surface area contributed by atoms with Crippen LogP contribution < -0.4 is 4.90 Å². The summed E-state index contributed by atoms with van der Waals surface area (Å²) in [5, 5.41) is 0. The first-order valence-electron chi connectivity index (χ1n) is 4.89. The second-order valence-corrected chi connectivity index (χ2v) is 4.68. The molecule has 2 nitrogen and oxygen atoms in total. The Morgan fingerprint density at radius 2 is 2.00 bits per heavy atom. The average molecular weight is 272 g/mol. The van der Waals surface area contributed by atoms with E-state index in [0.29, 0.717) is 6.54 Å². The molecular weight excluding hydrogens is 261 g/mol. The van der Waals surface area contributed by atoms with E-state index in [-0.39, 0.29) is 16.6 Å². The Kier molecular flexibility index (Phi) is 3.05. The van der Waals surface area contributed by atoms with Crippen LogP contribution in [0.3, 0.4) is 0 Å². The number of alkyl halides is 1. The minimum absolute atomic E-state index is 0.0628. The van der Waals surface area contributed by atoms with Crippen molar-refractivity contribution in [3.8, 4) is 0 Å². The van der Waals surface area contributed by atoms with Gasteiger partial charge in [0.25, 0.3) is 0 Å². The smallest absolute Gasteiger partial charge is 0.240 e. The standard InChI is InChI=1S/C11H11BrFNO/c12-10-2-1-7-14(11(10)15)9-5-3-8(13)4-6-9/h3-6,10H,1-2,7H2. The molecule has 15 heavy (non-hydrogen) atoms. The lowest BCUT2D eigenvalue weighted by molar-refractivity contribution is -0.118. The van der Waals surface area contributed by atoms with Gasteiger partial charge in [-0.2, -0.15) is 0 Å². The van der Waals surface area contributed by atoms with Crippen LogP contribution >= 0.6 is 15.9 Å². The number of piperidine rings is 1. The zero-order valence-corrected chi connectivity index (χ0v) is 9.71. The maximum Gasteiger partial charge on any atom is 0.240 e. The van der Waals surface area contributed by atoms with Gasteiger partial charge >= 0.3 is 0 Å². The molecule has 1 heterocycles. The topological polar surface area (TPSA) is 20.3 Å². The number of carbonyl (C=O) groups excluding carboxylic acids is 1. The lowest BCUT2D eigenvalue weighted by atomic mass is 10.1. The van der Waals surface area contributed by atoms with E-state index < -0.39 is 0 Å². The van der Waals surface area contributed by atoms with Crippen LogP contribution in [0.5, 0.6) is 0 Å². The summed E-state index contributed by atoms with van der Waals surface area (Å²) in [6.45, 7) is 0.715. The van der Waals surface area contributed by atoms with Crippen LogP contribution in [-0.2, 0) is 4.79 Å². The van der Waals surface area contributed by atoms with E-state index in [1.54, 1.807) is 17.0 Å². The molecule has 0 radical (unpaired) electrons. The minimum Gasteiger partial charge on any atom is -0.311 e. The molecule has 0 aromatic heterocycles. The van der Waals surface area contributed by atoms with Crippen molar-refractivity contribution in [3.05, 3.63) is 30.1 Å². The SMILES string of the molecule is O=C1C(Br)CCCN1c1ccc(F)cc1. The Morgan fingerprint density at radius 1 is 1.33 bits per heavy atom. The molecule has 1 atom stereocenters. The molecule has 0 spiro atoms. The minimum atomic E-state index is -0.279. The maximum atomic E-state index is 12.7. The molecule has 1 saturated heterocycles. The van der Waals surface area contributed by atoms with E-state index in [0.717, 1.165) is 18.5 Å². The summed E-state index contributed by atoms with van der Waals surface area (Å²) in [6.07, 6.45) is 1.84. The Hall–Kier alpha value is -0.900. The molecule has 1 aliphatic heterocycles. The third-order valence-electron chi connectivity index (χ3n) is 2.51. The number of rotatable bonds is 1.